The highest BCUT2D eigenvalue weighted by Gasteiger charge is 2.25. The van der Waals surface area contributed by atoms with Crippen molar-refractivity contribution in [2.45, 2.75) is 25.4 Å². The van der Waals surface area contributed by atoms with Crippen LogP contribution in [0.15, 0.2) is 66.7 Å². The molecule has 3 N–H and O–H groups in total. The Hall–Kier alpha value is -3.10. The van der Waals surface area contributed by atoms with Crippen LogP contribution in [0.1, 0.15) is 36.5 Å². The first-order chi connectivity index (χ1) is 18.1. The van der Waals surface area contributed by atoms with Crippen LogP contribution in [0, 0.1) is 0 Å². The lowest BCUT2D eigenvalue weighted by molar-refractivity contribution is 0.0512. The van der Waals surface area contributed by atoms with Crippen molar-refractivity contribution < 1.29 is 24.8 Å². The van der Waals surface area contributed by atoms with Gasteiger partial charge in [0.2, 0.25) is 0 Å². The van der Waals surface area contributed by atoms with Crippen molar-refractivity contribution in [3.8, 4) is 27.7 Å². The summed E-state index contributed by atoms with van der Waals surface area (Å²) in [6, 6.07) is 20.4. The van der Waals surface area contributed by atoms with Gasteiger partial charge in [-0.05, 0) is 97.0 Å². The quantitative estimate of drug-likeness (QED) is 0.240. The molecule has 1 unspecified atom stereocenters. The standard InChI is InChI=1S/C30H33NO5S/c32-17-19-36-29(21-6-11-25(12-7-21)35-18-16-31-14-2-1-3-15-31)28-26-13-10-24(34)20-27(26)37-30(28)22-4-8-23(33)9-5-22/h4-13,20,29,32-34H,1-3,14-19H2. The molecule has 37 heavy (non-hydrogen) atoms. The Morgan fingerprint density at radius 2 is 1.57 bits per heavy atom. The maximum Gasteiger partial charge on any atom is 0.119 e. The smallest absolute Gasteiger partial charge is 0.119 e. The van der Waals surface area contributed by atoms with Crippen LogP contribution < -0.4 is 4.74 Å². The molecule has 1 aromatic heterocycles. The summed E-state index contributed by atoms with van der Waals surface area (Å²) < 4.78 is 13.2. The van der Waals surface area contributed by atoms with Crippen LogP contribution in [-0.2, 0) is 4.74 Å². The summed E-state index contributed by atoms with van der Waals surface area (Å²) in [5, 5.41) is 30.5. The van der Waals surface area contributed by atoms with E-state index in [1.54, 1.807) is 35.6 Å². The maximum atomic E-state index is 10.1. The number of likely N-dealkylation sites (tertiary alicyclic amines) is 1. The zero-order chi connectivity index (χ0) is 25.6. The third kappa shape index (κ3) is 6.08. The molecule has 0 spiro atoms. The lowest BCUT2D eigenvalue weighted by Gasteiger charge is -2.26. The number of fused-ring (bicyclic) bond motifs is 1. The fourth-order valence-electron chi connectivity index (χ4n) is 4.92. The predicted molar refractivity (Wildman–Crippen MR) is 148 cm³/mol. The summed E-state index contributed by atoms with van der Waals surface area (Å²) in [7, 11) is 0. The number of aliphatic hydroxyl groups excluding tert-OH is 1. The van der Waals surface area contributed by atoms with Gasteiger partial charge in [-0.2, -0.15) is 0 Å². The van der Waals surface area contributed by atoms with Gasteiger partial charge in [-0.3, -0.25) is 4.90 Å². The Bertz CT molecular complexity index is 1300. The Kier molecular flexibility index (Phi) is 8.26. The van der Waals surface area contributed by atoms with Crippen molar-refractivity contribution >= 4 is 21.4 Å². The molecule has 5 rings (SSSR count). The first-order valence-corrected chi connectivity index (χ1v) is 13.7. The molecule has 1 atom stereocenters. The summed E-state index contributed by atoms with van der Waals surface area (Å²) in [6.07, 6.45) is 3.43. The number of benzene rings is 3. The van der Waals surface area contributed by atoms with E-state index in [-0.39, 0.29) is 24.7 Å². The highest BCUT2D eigenvalue weighted by Crippen LogP contribution is 2.46. The largest absolute Gasteiger partial charge is 0.508 e. The number of rotatable bonds is 10. The molecule has 1 saturated heterocycles. The van der Waals surface area contributed by atoms with Crippen molar-refractivity contribution in [2.24, 2.45) is 0 Å². The normalized spacial score (nSPS) is 15.2. The summed E-state index contributed by atoms with van der Waals surface area (Å²) in [5.41, 5.74) is 2.87. The second-order valence-corrected chi connectivity index (χ2v) is 10.4. The van der Waals surface area contributed by atoms with Gasteiger partial charge in [0.05, 0.1) is 13.2 Å². The summed E-state index contributed by atoms with van der Waals surface area (Å²) in [5.74, 6) is 1.23. The lowest BCUT2D eigenvalue weighted by Crippen LogP contribution is -2.33. The molecule has 0 saturated carbocycles. The second-order valence-electron chi connectivity index (χ2n) is 9.37. The third-order valence-electron chi connectivity index (χ3n) is 6.79. The first-order valence-electron chi connectivity index (χ1n) is 12.8. The highest BCUT2D eigenvalue weighted by atomic mass is 32.1. The Balaban J connectivity index is 1.45. The fraction of sp³-hybridized carbons (Fsp3) is 0.333. The molecule has 194 valence electrons. The van der Waals surface area contributed by atoms with Crippen molar-refractivity contribution in [1.82, 2.24) is 4.90 Å². The first kappa shape index (κ1) is 25.5. The number of aliphatic hydroxyl groups is 1. The molecule has 1 aliphatic rings. The number of hydrogen-bond acceptors (Lipinski definition) is 7. The number of thiophene rings is 1. The number of aromatic hydroxyl groups is 2. The second kappa shape index (κ2) is 12.0. The highest BCUT2D eigenvalue weighted by molar-refractivity contribution is 7.22. The van der Waals surface area contributed by atoms with Gasteiger partial charge in [0, 0.05) is 21.7 Å². The SMILES string of the molecule is OCCOC(c1ccc(OCCN2CCCCC2)cc1)c1c(-c2ccc(O)cc2)sc2cc(O)ccc12. The molecule has 0 bridgehead atoms. The monoisotopic (exact) mass is 519 g/mol. The molecular weight excluding hydrogens is 486 g/mol. The molecule has 1 aliphatic heterocycles. The summed E-state index contributed by atoms with van der Waals surface area (Å²) >= 11 is 1.57. The van der Waals surface area contributed by atoms with Crippen LogP contribution >= 0.6 is 11.3 Å². The van der Waals surface area contributed by atoms with Gasteiger partial charge in [0.1, 0.15) is 30.0 Å². The molecule has 1 fully saturated rings. The van der Waals surface area contributed by atoms with Gasteiger partial charge in [-0.15, -0.1) is 11.3 Å². The molecule has 7 heteroatoms. The minimum absolute atomic E-state index is 0.0917. The number of nitrogens with zero attached hydrogens (tertiary/aromatic N) is 1. The van der Waals surface area contributed by atoms with Crippen molar-refractivity contribution in [3.05, 3.63) is 77.9 Å². The molecular formula is C30H33NO5S. The van der Waals surface area contributed by atoms with E-state index in [1.165, 1.54) is 19.3 Å². The van der Waals surface area contributed by atoms with Gasteiger partial charge in [-0.1, -0.05) is 18.6 Å². The van der Waals surface area contributed by atoms with Crippen molar-refractivity contribution in [1.29, 1.82) is 0 Å². The molecule has 0 radical (unpaired) electrons. The van der Waals surface area contributed by atoms with E-state index in [2.05, 4.69) is 4.90 Å². The Morgan fingerprint density at radius 1 is 0.838 bits per heavy atom. The zero-order valence-electron chi connectivity index (χ0n) is 20.8. The summed E-state index contributed by atoms with van der Waals surface area (Å²) in [4.78, 5) is 3.45. The van der Waals surface area contributed by atoms with Crippen LogP contribution in [-0.4, -0.2) is 59.7 Å². The minimum Gasteiger partial charge on any atom is -0.508 e. The van der Waals surface area contributed by atoms with Crippen LogP contribution in [0.25, 0.3) is 20.5 Å². The number of hydrogen-bond donors (Lipinski definition) is 3. The topological polar surface area (TPSA) is 82.4 Å². The van der Waals surface area contributed by atoms with Crippen LogP contribution in [0.5, 0.6) is 17.2 Å². The van der Waals surface area contributed by atoms with Gasteiger partial charge >= 0.3 is 0 Å². The average Bonchev–Trinajstić information content (AvgIpc) is 3.29. The van der Waals surface area contributed by atoms with E-state index in [0.29, 0.717) is 6.61 Å². The number of ether oxygens (including phenoxy) is 2. The van der Waals surface area contributed by atoms with E-state index in [4.69, 9.17) is 9.47 Å². The van der Waals surface area contributed by atoms with Gasteiger partial charge in [0.15, 0.2) is 0 Å². The molecule has 4 aromatic rings. The van der Waals surface area contributed by atoms with Gasteiger partial charge in [-0.25, -0.2) is 0 Å². The summed E-state index contributed by atoms with van der Waals surface area (Å²) in [6.45, 7) is 4.00. The van der Waals surface area contributed by atoms with Crippen molar-refractivity contribution in [2.75, 3.05) is 39.5 Å². The number of phenolic OH excluding ortho intramolecular Hbond substituents is 2. The number of phenols is 2. The van der Waals surface area contributed by atoms with Crippen LogP contribution in [0.2, 0.25) is 0 Å². The van der Waals surface area contributed by atoms with Crippen LogP contribution in [0.4, 0.5) is 0 Å². The average molecular weight is 520 g/mol. The molecule has 3 aromatic carbocycles. The van der Waals surface area contributed by atoms with Gasteiger partial charge in [0.25, 0.3) is 0 Å². The zero-order valence-corrected chi connectivity index (χ0v) is 21.6. The van der Waals surface area contributed by atoms with E-state index >= 15 is 0 Å². The Labute approximate surface area is 221 Å². The molecule has 0 amide bonds. The fourth-order valence-corrected chi connectivity index (χ4v) is 6.19. The van der Waals surface area contributed by atoms with Crippen molar-refractivity contribution in [3.63, 3.8) is 0 Å². The van der Waals surface area contributed by atoms with Gasteiger partial charge < -0.3 is 24.8 Å². The Morgan fingerprint density at radius 3 is 2.30 bits per heavy atom. The van der Waals surface area contributed by atoms with E-state index in [1.807, 2.05) is 42.5 Å². The predicted octanol–water partition coefficient (Wildman–Crippen LogP) is 5.94. The molecule has 0 aliphatic carbocycles. The number of piperidine rings is 1. The van der Waals surface area contributed by atoms with Crippen LogP contribution in [0.3, 0.4) is 0 Å². The van der Waals surface area contributed by atoms with E-state index < -0.39 is 6.10 Å². The van der Waals surface area contributed by atoms with E-state index in [0.717, 1.165) is 57.0 Å². The lowest BCUT2D eigenvalue weighted by atomic mass is 9.95. The minimum atomic E-state index is -0.434. The maximum absolute atomic E-state index is 10.1. The van der Waals surface area contributed by atoms with E-state index in [9.17, 15) is 15.3 Å². The molecule has 2 heterocycles. The third-order valence-corrected chi connectivity index (χ3v) is 8.00. The molecule has 6 nitrogen and oxygen atoms in total.